The van der Waals surface area contributed by atoms with Gasteiger partial charge in [0, 0.05) is 31.4 Å². The lowest BCUT2D eigenvalue weighted by Gasteiger charge is -2.34. The standard InChI is InChI=1S/C17H21N3O3S2/c1-13-12-18-8-9-20(13)16(21)11-14-4-6-15(7-5-14)19-25(22,23)17-3-2-10-24-17/h2-7,10,13,18-19H,8-9,11-12H2,1H3/t13-/m1/s1. The van der Waals surface area contributed by atoms with Gasteiger partial charge < -0.3 is 10.2 Å². The number of piperazine rings is 1. The minimum Gasteiger partial charge on any atom is -0.337 e. The second kappa shape index (κ2) is 7.55. The highest BCUT2D eigenvalue weighted by atomic mass is 32.2. The zero-order chi connectivity index (χ0) is 17.9. The van der Waals surface area contributed by atoms with Gasteiger partial charge in [0.15, 0.2) is 0 Å². The smallest absolute Gasteiger partial charge is 0.271 e. The number of rotatable bonds is 5. The van der Waals surface area contributed by atoms with Gasteiger partial charge in [0.2, 0.25) is 5.91 Å². The molecule has 1 saturated heterocycles. The average Bonchev–Trinajstić information content (AvgIpc) is 3.12. The van der Waals surface area contributed by atoms with E-state index in [4.69, 9.17) is 0 Å². The number of sulfonamides is 1. The van der Waals surface area contributed by atoms with Crippen LogP contribution in [0, 0.1) is 0 Å². The van der Waals surface area contributed by atoms with Gasteiger partial charge in [-0.15, -0.1) is 11.3 Å². The quantitative estimate of drug-likeness (QED) is 0.832. The Kier molecular flexibility index (Phi) is 5.41. The van der Waals surface area contributed by atoms with E-state index in [0.717, 1.165) is 25.2 Å². The topological polar surface area (TPSA) is 78.5 Å². The fourth-order valence-corrected chi connectivity index (χ4v) is 4.85. The molecular formula is C17H21N3O3S2. The summed E-state index contributed by atoms with van der Waals surface area (Å²) in [7, 11) is -3.54. The molecule has 2 aromatic rings. The summed E-state index contributed by atoms with van der Waals surface area (Å²) in [5, 5.41) is 4.99. The van der Waals surface area contributed by atoms with Crippen LogP contribution in [0.25, 0.3) is 0 Å². The summed E-state index contributed by atoms with van der Waals surface area (Å²) < 4.78 is 27.2. The fourth-order valence-electron chi connectivity index (χ4n) is 2.80. The van der Waals surface area contributed by atoms with Crippen molar-refractivity contribution in [2.24, 2.45) is 0 Å². The first-order valence-electron chi connectivity index (χ1n) is 8.11. The predicted molar refractivity (Wildman–Crippen MR) is 99.3 cm³/mol. The number of hydrogen-bond donors (Lipinski definition) is 2. The Hall–Kier alpha value is -1.90. The molecule has 0 radical (unpaired) electrons. The zero-order valence-corrected chi connectivity index (χ0v) is 15.6. The summed E-state index contributed by atoms with van der Waals surface area (Å²) in [5.41, 5.74) is 1.36. The summed E-state index contributed by atoms with van der Waals surface area (Å²) in [6, 6.07) is 10.4. The van der Waals surface area contributed by atoms with Gasteiger partial charge in [-0.05, 0) is 36.1 Å². The van der Waals surface area contributed by atoms with Gasteiger partial charge in [0.1, 0.15) is 4.21 Å². The Balaban J connectivity index is 1.63. The van der Waals surface area contributed by atoms with Gasteiger partial charge in [0.25, 0.3) is 10.0 Å². The molecule has 6 nitrogen and oxygen atoms in total. The van der Waals surface area contributed by atoms with Crippen molar-refractivity contribution in [3.05, 3.63) is 47.3 Å². The SMILES string of the molecule is C[C@@H]1CNCCN1C(=O)Cc1ccc(NS(=O)(=O)c2cccs2)cc1. The molecule has 8 heteroatoms. The second-order valence-electron chi connectivity index (χ2n) is 6.05. The Morgan fingerprint density at radius 2 is 2.08 bits per heavy atom. The third kappa shape index (κ3) is 4.39. The van der Waals surface area contributed by atoms with Gasteiger partial charge >= 0.3 is 0 Å². The highest BCUT2D eigenvalue weighted by Crippen LogP contribution is 2.20. The monoisotopic (exact) mass is 379 g/mol. The molecule has 2 heterocycles. The Morgan fingerprint density at radius 1 is 1.32 bits per heavy atom. The van der Waals surface area contributed by atoms with E-state index >= 15 is 0 Å². The van der Waals surface area contributed by atoms with Crippen LogP contribution in [0.4, 0.5) is 5.69 Å². The molecule has 1 aliphatic rings. The number of nitrogens with one attached hydrogen (secondary N) is 2. The third-order valence-electron chi connectivity index (χ3n) is 4.14. The van der Waals surface area contributed by atoms with Crippen LogP contribution < -0.4 is 10.0 Å². The maximum atomic E-state index is 12.4. The lowest BCUT2D eigenvalue weighted by molar-refractivity contribution is -0.133. The van der Waals surface area contributed by atoms with Crippen molar-refractivity contribution < 1.29 is 13.2 Å². The van der Waals surface area contributed by atoms with Gasteiger partial charge in [0.05, 0.1) is 6.42 Å². The van der Waals surface area contributed by atoms with Gasteiger partial charge in [-0.3, -0.25) is 9.52 Å². The van der Waals surface area contributed by atoms with Crippen LogP contribution >= 0.6 is 11.3 Å². The molecule has 0 spiro atoms. The number of anilines is 1. The van der Waals surface area contributed by atoms with Crippen molar-refractivity contribution in [3.8, 4) is 0 Å². The lowest BCUT2D eigenvalue weighted by atomic mass is 10.1. The molecule has 134 valence electrons. The van der Waals surface area contributed by atoms with Crippen molar-refractivity contribution in [2.45, 2.75) is 23.6 Å². The summed E-state index contributed by atoms with van der Waals surface area (Å²) in [4.78, 5) is 14.3. The van der Waals surface area contributed by atoms with Crippen molar-refractivity contribution in [1.82, 2.24) is 10.2 Å². The summed E-state index contributed by atoms with van der Waals surface area (Å²) >= 11 is 1.17. The molecular weight excluding hydrogens is 358 g/mol. The first kappa shape index (κ1) is 17.9. The molecule has 1 aromatic heterocycles. The Bertz CT molecular complexity index is 817. The third-order valence-corrected chi connectivity index (χ3v) is 6.92. The van der Waals surface area contributed by atoms with Gasteiger partial charge in [-0.25, -0.2) is 8.42 Å². The minimum atomic E-state index is -3.54. The number of amides is 1. The van der Waals surface area contributed by atoms with Crippen LogP contribution in [-0.4, -0.2) is 44.9 Å². The zero-order valence-electron chi connectivity index (χ0n) is 13.9. The van der Waals surface area contributed by atoms with Crippen LogP contribution in [0.3, 0.4) is 0 Å². The maximum Gasteiger partial charge on any atom is 0.271 e. The van der Waals surface area contributed by atoms with E-state index in [0.29, 0.717) is 12.1 Å². The molecule has 1 fully saturated rings. The van der Waals surface area contributed by atoms with Crippen molar-refractivity contribution in [3.63, 3.8) is 0 Å². The molecule has 3 rings (SSSR count). The normalized spacial score (nSPS) is 18.1. The molecule has 2 N–H and O–H groups in total. The number of nitrogens with zero attached hydrogens (tertiary/aromatic N) is 1. The Labute approximate surface area is 151 Å². The van der Waals surface area contributed by atoms with E-state index in [1.54, 1.807) is 41.8 Å². The van der Waals surface area contributed by atoms with E-state index in [9.17, 15) is 13.2 Å². The van der Waals surface area contributed by atoms with Gasteiger partial charge in [-0.1, -0.05) is 18.2 Å². The van der Waals surface area contributed by atoms with Crippen LogP contribution in [0.15, 0.2) is 46.0 Å². The van der Waals surface area contributed by atoms with Crippen LogP contribution in [0.5, 0.6) is 0 Å². The number of carbonyl (C=O) groups is 1. The number of hydrogen-bond acceptors (Lipinski definition) is 5. The van der Waals surface area contributed by atoms with Crippen LogP contribution in [0.1, 0.15) is 12.5 Å². The summed E-state index contributed by atoms with van der Waals surface area (Å²) in [6.45, 7) is 4.39. The average molecular weight is 380 g/mol. The molecule has 0 unspecified atom stereocenters. The lowest BCUT2D eigenvalue weighted by Crippen LogP contribution is -2.52. The first-order chi connectivity index (χ1) is 12.0. The molecule has 1 amide bonds. The summed E-state index contributed by atoms with van der Waals surface area (Å²) in [5.74, 6) is 0.0981. The van der Waals surface area contributed by atoms with E-state index < -0.39 is 10.0 Å². The largest absolute Gasteiger partial charge is 0.337 e. The van der Waals surface area contributed by atoms with E-state index in [2.05, 4.69) is 10.0 Å². The summed E-state index contributed by atoms with van der Waals surface area (Å²) in [6.07, 6.45) is 0.322. The van der Waals surface area contributed by atoms with Crippen molar-refractivity contribution in [1.29, 1.82) is 0 Å². The molecule has 1 atom stereocenters. The molecule has 0 bridgehead atoms. The van der Waals surface area contributed by atoms with E-state index in [-0.39, 0.29) is 16.2 Å². The molecule has 1 aliphatic heterocycles. The molecule has 25 heavy (non-hydrogen) atoms. The number of benzene rings is 1. The first-order valence-corrected chi connectivity index (χ1v) is 10.5. The van der Waals surface area contributed by atoms with Gasteiger partial charge in [-0.2, -0.15) is 0 Å². The second-order valence-corrected chi connectivity index (χ2v) is 8.91. The van der Waals surface area contributed by atoms with Crippen LogP contribution in [-0.2, 0) is 21.2 Å². The molecule has 1 aromatic carbocycles. The number of carbonyl (C=O) groups excluding carboxylic acids is 1. The predicted octanol–water partition coefficient (Wildman–Crippen LogP) is 1.91. The van der Waals surface area contributed by atoms with E-state index in [1.165, 1.54) is 11.3 Å². The fraction of sp³-hybridized carbons (Fsp3) is 0.353. The minimum absolute atomic E-state index is 0.0981. The highest BCUT2D eigenvalue weighted by Gasteiger charge is 2.22. The molecule has 0 aliphatic carbocycles. The van der Waals surface area contributed by atoms with Crippen molar-refractivity contribution >= 4 is 33.0 Å². The molecule has 0 saturated carbocycles. The van der Waals surface area contributed by atoms with E-state index in [1.807, 2.05) is 11.8 Å². The highest BCUT2D eigenvalue weighted by molar-refractivity contribution is 7.94. The number of thiophene rings is 1. The maximum absolute atomic E-state index is 12.4. The van der Waals surface area contributed by atoms with Crippen molar-refractivity contribution in [2.75, 3.05) is 24.4 Å². The van der Waals surface area contributed by atoms with Crippen LogP contribution in [0.2, 0.25) is 0 Å². The Morgan fingerprint density at radius 3 is 2.72 bits per heavy atom.